The highest BCUT2D eigenvalue weighted by Gasteiger charge is 2.48. The van der Waals surface area contributed by atoms with Gasteiger partial charge in [0.25, 0.3) is 11.7 Å². The summed E-state index contributed by atoms with van der Waals surface area (Å²) in [5.74, 6) is -0.668. The lowest BCUT2D eigenvalue weighted by atomic mass is 9.88. The lowest BCUT2D eigenvalue weighted by Crippen LogP contribution is -2.61. The van der Waals surface area contributed by atoms with Gasteiger partial charge in [0.15, 0.2) is 0 Å². The number of nitrogens with zero attached hydrogens (tertiary/aromatic N) is 5. The topological polar surface area (TPSA) is 87.7 Å². The molecule has 8 nitrogen and oxygen atoms in total. The van der Waals surface area contributed by atoms with E-state index in [0.29, 0.717) is 32.0 Å². The number of carbonyl (C=O) groups is 3. The number of imide groups is 1. The van der Waals surface area contributed by atoms with Crippen LogP contribution in [0.2, 0.25) is 0 Å². The highest BCUT2D eigenvalue weighted by atomic mass is 16.2. The average Bonchev–Trinajstić information content (AvgIpc) is 2.69. The molecule has 1 saturated carbocycles. The summed E-state index contributed by atoms with van der Waals surface area (Å²) in [7, 11) is 2.98. The number of urea groups is 1. The Morgan fingerprint density at radius 1 is 1.08 bits per heavy atom. The zero-order valence-corrected chi connectivity index (χ0v) is 15.5. The second kappa shape index (κ2) is 7.44. The standard InChI is InChI=1S/C18H26N5O3/c1-20-15(14(12-19)17(25)21(2)18(20)26)22-8-10-23(11-9-22)16(24)13-6-4-3-5-7-13/h13-14H,3-11H2,1-2H3/q+1. The molecule has 3 fully saturated rings. The van der Waals surface area contributed by atoms with Crippen LogP contribution in [0.25, 0.3) is 0 Å². The molecule has 2 heterocycles. The predicted octanol–water partition coefficient (Wildman–Crippen LogP) is 0.483. The first-order valence-electron chi connectivity index (χ1n) is 9.31. The van der Waals surface area contributed by atoms with E-state index in [4.69, 9.17) is 0 Å². The van der Waals surface area contributed by atoms with Crippen LogP contribution in [-0.2, 0) is 9.59 Å². The molecule has 0 radical (unpaired) electrons. The molecule has 26 heavy (non-hydrogen) atoms. The normalized spacial score (nSPS) is 25.6. The minimum absolute atomic E-state index is 0.143. The fraction of sp³-hybridized carbons (Fsp3) is 0.722. The van der Waals surface area contributed by atoms with Crippen molar-refractivity contribution in [2.75, 3.05) is 40.3 Å². The summed E-state index contributed by atoms with van der Waals surface area (Å²) in [5.41, 5.74) is 0. The van der Waals surface area contributed by atoms with E-state index < -0.39 is 17.9 Å². The second-order valence-electron chi connectivity index (χ2n) is 7.31. The van der Waals surface area contributed by atoms with Gasteiger partial charge in [-0.25, -0.2) is 9.69 Å². The summed E-state index contributed by atoms with van der Waals surface area (Å²) >= 11 is 0. The van der Waals surface area contributed by atoms with Crippen LogP contribution in [0, 0.1) is 23.2 Å². The zero-order chi connectivity index (χ0) is 18.8. The molecule has 0 bridgehead atoms. The Bertz CT molecular complexity index is 679. The maximum atomic E-state index is 12.7. The predicted molar refractivity (Wildman–Crippen MR) is 93.2 cm³/mol. The van der Waals surface area contributed by atoms with Crippen molar-refractivity contribution < 1.29 is 19.0 Å². The van der Waals surface area contributed by atoms with E-state index in [0.717, 1.165) is 30.6 Å². The minimum atomic E-state index is -0.983. The summed E-state index contributed by atoms with van der Waals surface area (Å²) in [5, 5.41) is 9.45. The highest BCUT2D eigenvalue weighted by Crippen LogP contribution is 2.26. The van der Waals surface area contributed by atoms with Gasteiger partial charge < -0.3 is 4.90 Å². The van der Waals surface area contributed by atoms with Crippen LogP contribution in [0.5, 0.6) is 0 Å². The van der Waals surface area contributed by atoms with Crippen molar-refractivity contribution in [3.63, 3.8) is 0 Å². The van der Waals surface area contributed by atoms with Gasteiger partial charge in [-0.3, -0.25) is 14.2 Å². The van der Waals surface area contributed by atoms with Crippen LogP contribution >= 0.6 is 0 Å². The molecule has 140 valence electrons. The van der Waals surface area contributed by atoms with Gasteiger partial charge in [-0.2, -0.15) is 10.2 Å². The number of piperazine rings is 1. The van der Waals surface area contributed by atoms with Crippen molar-refractivity contribution in [1.82, 2.24) is 14.7 Å². The van der Waals surface area contributed by atoms with Crippen molar-refractivity contribution in [2.24, 2.45) is 11.8 Å². The van der Waals surface area contributed by atoms with Crippen molar-refractivity contribution in [3.05, 3.63) is 0 Å². The molecular weight excluding hydrogens is 334 g/mol. The molecule has 2 saturated heterocycles. The zero-order valence-electron chi connectivity index (χ0n) is 15.5. The maximum Gasteiger partial charge on any atom is 0.417 e. The first-order chi connectivity index (χ1) is 12.5. The Labute approximate surface area is 153 Å². The number of rotatable bonds is 1. The molecule has 0 aromatic heterocycles. The van der Waals surface area contributed by atoms with Crippen molar-refractivity contribution in [2.45, 2.75) is 32.1 Å². The van der Waals surface area contributed by atoms with Gasteiger partial charge in [-0.1, -0.05) is 19.3 Å². The van der Waals surface area contributed by atoms with Gasteiger partial charge >= 0.3 is 6.03 Å². The van der Waals surface area contributed by atoms with Gasteiger partial charge in [0, 0.05) is 13.0 Å². The third-order valence-electron chi connectivity index (χ3n) is 5.75. The van der Waals surface area contributed by atoms with E-state index in [1.807, 2.05) is 15.5 Å². The van der Waals surface area contributed by atoms with E-state index in [1.54, 1.807) is 7.05 Å². The third kappa shape index (κ3) is 3.18. The molecule has 0 aromatic rings. The van der Waals surface area contributed by atoms with Gasteiger partial charge in [-0.15, -0.1) is 0 Å². The average molecular weight is 360 g/mol. The van der Waals surface area contributed by atoms with E-state index in [9.17, 15) is 19.6 Å². The first-order valence-corrected chi connectivity index (χ1v) is 9.31. The third-order valence-corrected chi connectivity index (χ3v) is 5.75. The van der Waals surface area contributed by atoms with Crippen molar-refractivity contribution in [3.8, 4) is 6.07 Å². The SMILES string of the molecule is CN1C(=O)C(C#N)C(=[N+]2CCN(C(=O)C3CCCCC3)CC2)N(C)C1=O. The maximum absolute atomic E-state index is 12.7. The molecule has 1 aliphatic carbocycles. The molecule has 3 aliphatic rings. The quantitative estimate of drug-likeness (QED) is 0.637. The molecule has 0 aromatic carbocycles. The smallest absolute Gasteiger partial charge is 0.335 e. The number of hydrogen-bond donors (Lipinski definition) is 0. The Kier molecular flexibility index (Phi) is 5.25. The molecule has 8 heteroatoms. The Balaban J connectivity index is 1.74. The first kappa shape index (κ1) is 18.4. The fourth-order valence-electron chi connectivity index (χ4n) is 4.19. The second-order valence-corrected chi connectivity index (χ2v) is 7.31. The van der Waals surface area contributed by atoms with Crippen LogP contribution in [0.3, 0.4) is 0 Å². The van der Waals surface area contributed by atoms with E-state index in [2.05, 4.69) is 0 Å². The summed E-state index contributed by atoms with van der Waals surface area (Å²) in [4.78, 5) is 41.5. The molecule has 1 unspecified atom stereocenters. The Hall–Kier alpha value is -2.43. The van der Waals surface area contributed by atoms with Crippen LogP contribution < -0.4 is 0 Å². The number of amides is 4. The van der Waals surface area contributed by atoms with Crippen LogP contribution in [0.15, 0.2) is 0 Å². The van der Waals surface area contributed by atoms with E-state index in [-0.39, 0.29) is 11.8 Å². The van der Waals surface area contributed by atoms with E-state index in [1.165, 1.54) is 18.4 Å². The summed E-state index contributed by atoms with van der Waals surface area (Å²) in [6, 6.07) is 1.59. The molecule has 0 N–H and O–H groups in total. The molecule has 1 atom stereocenters. The van der Waals surface area contributed by atoms with Crippen LogP contribution in [0.1, 0.15) is 32.1 Å². The molecule has 0 spiro atoms. The Morgan fingerprint density at radius 2 is 1.69 bits per heavy atom. The summed E-state index contributed by atoms with van der Waals surface area (Å²) < 4.78 is 1.90. The van der Waals surface area contributed by atoms with Gasteiger partial charge in [-0.05, 0) is 12.8 Å². The van der Waals surface area contributed by atoms with Crippen molar-refractivity contribution in [1.29, 1.82) is 5.26 Å². The van der Waals surface area contributed by atoms with E-state index >= 15 is 0 Å². The van der Waals surface area contributed by atoms with Gasteiger partial charge in [0.05, 0.1) is 26.2 Å². The minimum Gasteiger partial charge on any atom is -0.335 e. The fourth-order valence-corrected chi connectivity index (χ4v) is 4.19. The molecular formula is C18H26N5O3+. The number of amidine groups is 1. The molecule has 3 rings (SSSR count). The van der Waals surface area contributed by atoms with Crippen LogP contribution in [0.4, 0.5) is 4.79 Å². The van der Waals surface area contributed by atoms with Gasteiger partial charge in [0.2, 0.25) is 11.8 Å². The lowest BCUT2D eigenvalue weighted by molar-refractivity contribution is -0.543. The van der Waals surface area contributed by atoms with Gasteiger partial charge in [0.1, 0.15) is 13.1 Å². The summed E-state index contributed by atoms with van der Waals surface area (Å²) in [6.07, 6.45) is 5.42. The summed E-state index contributed by atoms with van der Waals surface area (Å²) in [6.45, 7) is 2.17. The lowest BCUT2D eigenvalue weighted by Gasteiger charge is -2.35. The van der Waals surface area contributed by atoms with Crippen LogP contribution in [-0.4, -0.2) is 83.2 Å². The Morgan fingerprint density at radius 3 is 2.27 bits per heavy atom. The number of carbonyl (C=O) groups excluding carboxylic acids is 3. The largest absolute Gasteiger partial charge is 0.417 e. The van der Waals surface area contributed by atoms with Crippen molar-refractivity contribution >= 4 is 23.7 Å². The molecule has 4 amide bonds. The number of nitriles is 1. The molecule has 2 aliphatic heterocycles. The monoisotopic (exact) mass is 360 g/mol. The highest BCUT2D eigenvalue weighted by molar-refractivity contribution is 6.17. The number of hydrogen-bond acceptors (Lipinski definition) is 4.